The molecular weight excluding hydrogens is 188 g/mol. The van der Waals surface area contributed by atoms with Crippen LogP contribution in [0.4, 0.5) is 0 Å². The summed E-state index contributed by atoms with van der Waals surface area (Å²) in [4.78, 5) is 11.3. The van der Waals surface area contributed by atoms with E-state index < -0.39 is 0 Å². The van der Waals surface area contributed by atoms with Crippen molar-refractivity contribution in [2.75, 3.05) is 6.54 Å². The van der Waals surface area contributed by atoms with Crippen molar-refractivity contribution in [3.05, 3.63) is 35.4 Å². The van der Waals surface area contributed by atoms with E-state index in [1.54, 1.807) is 0 Å². The molecule has 2 rings (SSSR count). The van der Waals surface area contributed by atoms with E-state index in [2.05, 4.69) is 29.7 Å². The average molecular weight is 204 g/mol. The number of carbonyl (C=O) groups excluding carboxylic acids is 1. The normalized spacial score (nSPS) is 20.3. The SMILES string of the molecule is Cc1ccccc1CNC1CCNC1=O. The van der Waals surface area contributed by atoms with Crippen LogP contribution in [-0.4, -0.2) is 18.5 Å². The Kier molecular flexibility index (Phi) is 3.02. The van der Waals surface area contributed by atoms with E-state index in [9.17, 15) is 4.79 Å². The molecule has 1 aromatic rings. The van der Waals surface area contributed by atoms with Gasteiger partial charge in [-0.1, -0.05) is 24.3 Å². The van der Waals surface area contributed by atoms with E-state index in [1.807, 2.05) is 12.1 Å². The van der Waals surface area contributed by atoms with E-state index in [0.717, 1.165) is 19.5 Å². The first kappa shape index (κ1) is 10.2. The number of nitrogens with one attached hydrogen (secondary N) is 2. The molecule has 2 N–H and O–H groups in total. The minimum absolute atomic E-state index is 0.00962. The van der Waals surface area contributed by atoms with Crippen LogP contribution in [-0.2, 0) is 11.3 Å². The minimum Gasteiger partial charge on any atom is -0.355 e. The number of benzene rings is 1. The molecule has 1 atom stereocenters. The Morgan fingerprint density at radius 3 is 2.93 bits per heavy atom. The molecule has 1 aliphatic heterocycles. The number of amides is 1. The van der Waals surface area contributed by atoms with Gasteiger partial charge in [0.05, 0.1) is 6.04 Å². The predicted octanol–water partition coefficient (Wildman–Crippen LogP) is 0.973. The first-order valence-corrected chi connectivity index (χ1v) is 5.33. The summed E-state index contributed by atoms with van der Waals surface area (Å²) in [6, 6.07) is 8.23. The van der Waals surface area contributed by atoms with Gasteiger partial charge >= 0.3 is 0 Å². The highest BCUT2D eigenvalue weighted by molar-refractivity contribution is 5.83. The van der Waals surface area contributed by atoms with Crippen molar-refractivity contribution in [2.24, 2.45) is 0 Å². The van der Waals surface area contributed by atoms with Gasteiger partial charge in [0.1, 0.15) is 0 Å². The number of hydrogen-bond donors (Lipinski definition) is 2. The van der Waals surface area contributed by atoms with E-state index in [-0.39, 0.29) is 11.9 Å². The number of rotatable bonds is 3. The van der Waals surface area contributed by atoms with E-state index in [1.165, 1.54) is 11.1 Å². The molecule has 0 bridgehead atoms. The second kappa shape index (κ2) is 4.45. The zero-order valence-corrected chi connectivity index (χ0v) is 8.92. The van der Waals surface area contributed by atoms with Gasteiger partial charge in [0.2, 0.25) is 5.91 Å². The Bertz CT molecular complexity index is 362. The molecule has 0 spiro atoms. The van der Waals surface area contributed by atoms with Gasteiger partial charge in [0.25, 0.3) is 0 Å². The first-order valence-electron chi connectivity index (χ1n) is 5.33. The molecule has 0 aromatic heterocycles. The molecule has 0 radical (unpaired) electrons. The van der Waals surface area contributed by atoms with Crippen LogP contribution in [0.25, 0.3) is 0 Å². The van der Waals surface area contributed by atoms with Gasteiger partial charge < -0.3 is 10.6 Å². The van der Waals surface area contributed by atoms with Crippen LogP contribution in [0.3, 0.4) is 0 Å². The van der Waals surface area contributed by atoms with Gasteiger partial charge in [0, 0.05) is 13.1 Å². The van der Waals surface area contributed by atoms with Crippen LogP contribution in [0.2, 0.25) is 0 Å². The first-order chi connectivity index (χ1) is 7.27. The molecule has 15 heavy (non-hydrogen) atoms. The summed E-state index contributed by atoms with van der Waals surface area (Å²) in [6.45, 7) is 3.65. The highest BCUT2D eigenvalue weighted by atomic mass is 16.2. The lowest BCUT2D eigenvalue weighted by Crippen LogP contribution is -2.35. The molecule has 80 valence electrons. The predicted molar refractivity (Wildman–Crippen MR) is 59.4 cm³/mol. The Labute approximate surface area is 89.9 Å². The van der Waals surface area contributed by atoms with Crippen LogP contribution in [0, 0.1) is 6.92 Å². The molecule has 0 saturated carbocycles. The summed E-state index contributed by atoms with van der Waals surface area (Å²) < 4.78 is 0. The van der Waals surface area contributed by atoms with Gasteiger partial charge in [-0.05, 0) is 24.5 Å². The summed E-state index contributed by atoms with van der Waals surface area (Å²) in [7, 11) is 0. The van der Waals surface area contributed by atoms with E-state index in [0.29, 0.717) is 0 Å². The largest absolute Gasteiger partial charge is 0.355 e. The van der Waals surface area contributed by atoms with Crippen LogP contribution in [0.1, 0.15) is 17.5 Å². The fourth-order valence-electron chi connectivity index (χ4n) is 1.83. The molecular formula is C12H16N2O. The van der Waals surface area contributed by atoms with Crippen LogP contribution >= 0.6 is 0 Å². The Morgan fingerprint density at radius 2 is 2.27 bits per heavy atom. The zero-order chi connectivity index (χ0) is 10.7. The second-order valence-electron chi connectivity index (χ2n) is 3.94. The summed E-state index contributed by atoms with van der Waals surface area (Å²) in [5, 5.41) is 6.10. The number of carbonyl (C=O) groups is 1. The lowest BCUT2D eigenvalue weighted by Gasteiger charge is -2.11. The number of hydrogen-bond acceptors (Lipinski definition) is 2. The fraction of sp³-hybridized carbons (Fsp3) is 0.417. The molecule has 1 aromatic carbocycles. The lowest BCUT2D eigenvalue weighted by atomic mass is 10.1. The standard InChI is InChI=1S/C12H16N2O/c1-9-4-2-3-5-10(9)8-14-11-6-7-13-12(11)15/h2-5,11,14H,6-8H2,1H3,(H,13,15). The smallest absolute Gasteiger partial charge is 0.237 e. The molecule has 1 unspecified atom stereocenters. The van der Waals surface area contributed by atoms with Crippen molar-refractivity contribution in [3.63, 3.8) is 0 Å². The summed E-state index contributed by atoms with van der Waals surface area (Å²) >= 11 is 0. The molecule has 1 aliphatic rings. The monoisotopic (exact) mass is 204 g/mol. The molecule has 3 nitrogen and oxygen atoms in total. The van der Waals surface area contributed by atoms with Crippen molar-refractivity contribution in [1.82, 2.24) is 10.6 Å². The topological polar surface area (TPSA) is 41.1 Å². The molecule has 1 heterocycles. The van der Waals surface area contributed by atoms with Gasteiger partial charge in [-0.15, -0.1) is 0 Å². The lowest BCUT2D eigenvalue weighted by molar-refractivity contribution is -0.120. The zero-order valence-electron chi connectivity index (χ0n) is 8.92. The molecule has 3 heteroatoms. The van der Waals surface area contributed by atoms with Crippen LogP contribution < -0.4 is 10.6 Å². The van der Waals surface area contributed by atoms with Gasteiger partial charge in [-0.25, -0.2) is 0 Å². The maximum absolute atomic E-state index is 11.3. The quantitative estimate of drug-likeness (QED) is 0.770. The molecule has 1 saturated heterocycles. The molecule has 1 amide bonds. The maximum atomic E-state index is 11.3. The third kappa shape index (κ3) is 2.36. The average Bonchev–Trinajstić information content (AvgIpc) is 2.63. The van der Waals surface area contributed by atoms with Gasteiger partial charge in [0.15, 0.2) is 0 Å². The van der Waals surface area contributed by atoms with Crippen molar-refractivity contribution in [2.45, 2.75) is 25.9 Å². The van der Waals surface area contributed by atoms with E-state index >= 15 is 0 Å². The fourth-order valence-corrected chi connectivity index (χ4v) is 1.83. The summed E-state index contributed by atoms with van der Waals surface area (Å²) in [6.07, 6.45) is 0.894. The number of aryl methyl sites for hydroxylation is 1. The minimum atomic E-state index is -0.00962. The van der Waals surface area contributed by atoms with E-state index in [4.69, 9.17) is 0 Å². The summed E-state index contributed by atoms with van der Waals surface area (Å²) in [5.74, 6) is 0.128. The van der Waals surface area contributed by atoms with Crippen molar-refractivity contribution in [3.8, 4) is 0 Å². The Balaban J connectivity index is 1.93. The third-order valence-corrected chi connectivity index (χ3v) is 2.85. The maximum Gasteiger partial charge on any atom is 0.237 e. The Morgan fingerprint density at radius 1 is 1.47 bits per heavy atom. The Hall–Kier alpha value is -1.35. The van der Waals surface area contributed by atoms with Gasteiger partial charge in [-0.3, -0.25) is 4.79 Å². The second-order valence-corrected chi connectivity index (χ2v) is 3.94. The van der Waals surface area contributed by atoms with Crippen LogP contribution in [0.15, 0.2) is 24.3 Å². The van der Waals surface area contributed by atoms with Gasteiger partial charge in [-0.2, -0.15) is 0 Å². The van der Waals surface area contributed by atoms with Crippen molar-refractivity contribution >= 4 is 5.91 Å². The molecule has 1 fully saturated rings. The molecule has 0 aliphatic carbocycles. The third-order valence-electron chi connectivity index (χ3n) is 2.85. The van der Waals surface area contributed by atoms with Crippen molar-refractivity contribution < 1.29 is 4.79 Å². The van der Waals surface area contributed by atoms with Crippen molar-refractivity contribution in [1.29, 1.82) is 0 Å². The summed E-state index contributed by atoms with van der Waals surface area (Å²) in [5.41, 5.74) is 2.53. The van der Waals surface area contributed by atoms with Crippen LogP contribution in [0.5, 0.6) is 0 Å². The highest BCUT2D eigenvalue weighted by Crippen LogP contribution is 2.08. The highest BCUT2D eigenvalue weighted by Gasteiger charge is 2.22.